The second kappa shape index (κ2) is 6.75. The van der Waals surface area contributed by atoms with E-state index in [4.69, 9.17) is 4.74 Å². The van der Waals surface area contributed by atoms with Crippen LogP contribution in [0.4, 0.5) is 0 Å². The molecular formula is C15H22N2O4S. The molecule has 1 atom stereocenters. The summed E-state index contributed by atoms with van der Waals surface area (Å²) in [7, 11) is 1.49. The van der Waals surface area contributed by atoms with E-state index in [0.29, 0.717) is 25.1 Å². The van der Waals surface area contributed by atoms with Crippen molar-refractivity contribution in [3.8, 4) is 0 Å². The molecule has 1 saturated heterocycles. The van der Waals surface area contributed by atoms with Gasteiger partial charge >= 0.3 is 5.97 Å². The summed E-state index contributed by atoms with van der Waals surface area (Å²) >= 11 is 1.47. The summed E-state index contributed by atoms with van der Waals surface area (Å²) in [5.41, 5.74) is -0.605. The van der Waals surface area contributed by atoms with Crippen molar-refractivity contribution < 1.29 is 19.4 Å². The zero-order valence-electron chi connectivity index (χ0n) is 13.2. The summed E-state index contributed by atoms with van der Waals surface area (Å²) in [6, 6.07) is 0. The van der Waals surface area contributed by atoms with E-state index in [9.17, 15) is 14.7 Å². The van der Waals surface area contributed by atoms with Crippen LogP contribution in [0.15, 0.2) is 5.38 Å². The van der Waals surface area contributed by atoms with E-state index >= 15 is 0 Å². The largest absolute Gasteiger partial charge is 0.481 e. The molecule has 7 heteroatoms. The summed E-state index contributed by atoms with van der Waals surface area (Å²) in [6.45, 7) is 4.90. The molecule has 1 aromatic rings. The number of piperidine rings is 1. The standard InChI is InChI=1S/C15H22N2O4S/c1-10(2)12-16-11(7-22-12)13(18)17-6-4-5-15(8-17,9-21-3)14(19)20/h7,10H,4-6,8-9H2,1-3H3,(H,19,20). The monoisotopic (exact) mass is 326 g/mol. The van der Waals surface area contributed by atoms with Crippen molar-refractivity contribution in [1.29, 1.82) is 0 Å². The molecule has 6 nitrogen and oxygen atoms in total. The minimum atomic E-state index is -1.01. The maximum Gasteiger partial charge on any atom is 0.313 e. The van der Waals surface area contributed by atoms with E-state index in [1.807, 2.05) is 13.8 Å². The predicted octanol–water partition coefficient (Wildman–Crippen LogP) is 2.22. The summed E-state index contributed by atoms with van der Waals surface area (Å²) in [5, 5.41) is 12.2. The van der Waals surface area contributed by atoms with Crippen LogP contribution in [0.25, 0.3) is 0 Å². The molecule has 2 heterocycles. The highest BCUT2D eigenvalue weighted by atomic mass is 32.1. The number of methoxy groups -OCH3 is 1. The van der Waals surface area contributed by atoms with Gasteiger partial charge in [-0.25, -0.2) is 4.98 Å². The average Bonchev–Trinajstić information content (AvgIpc) is 2.97. The fraction of sp³-hybridized carbons (Fsp3) is 0.667. The van der Waals surface area contributed by atoms with Crippen molar-refractivity contribution in [3.63, 3.8) is 0 Å². The van der Waals surface area contributed by atoms with Gasteiger partial charge in [0.25, 0.3) is 5.91 Å². The number of carbonyl (C=O) groups excluding carboxylic acids is 1. The van der Waals surface area contributed by atoms with Crippen molar-refractivity contribution in [2.24, 2.45) is 5.41 Å². The third-order valence-electron chi connectivity index (χ3n) is 3.97. The fourth-order valence-corrected chi connectivity index (χ4v) is 3.56. The molecule has 1 N–H and O–H groups in total. The maximum atomic E-state index is 12.6. The molecule has 1 aliphatic heterocycles. The number of amides is 1. The van der Waals surface area contributed by atoms with E-state index in [1.54, 1.807) is 10.3 Å². The van der Waals surface area contributed by atoms with Gasteiger partial charge in [0.15, 0.2) is 0 Å². The Morgan fingerprint density at radius 3 is 2.82 bits per heavy atom. The molecule has 22 heavy (non-hydrogen) atoms. The topological polar surface area (TPSA) is 79.7 Å². The highest BCUT2D eigenvalue weighted by Crippen LogP contribution is 2.32. The molecule has 1 aliphatic rings. The molecule has 0 aromatic carbocycles. The van der Waals surface area contributed by atoms with Gasteiger partial charge in [-0.05, 0) is 12.8 Å². The molecule has 0 spiro atoms. The van der Waals surface area contributed by atoms with Crippen LogP contribution in [-0.2, 0) is 9.53 Å². The van der Waals surface area contributed by atoms with Crippen LogP contribution < -0.4 is 0 Å². The second-order valence-electron chi connectivity index (χ2n) is 6.07. The second-order valence-corrected chi connectivity index (χ2v) is 6.96. The number of likely N-dealkylation sites (tertiary alicyclic amines) is 1. The molecule has 0 radical (unpaired) electrons. The Labute approximate surface area is 134 Å². The van der Waals surface area contributed by atoms with E-state index < -0.39 is 11.4 Å². The van der Waals surface area contributed by atoms with Crippen LogP contribution in [0, 0.1) is 5.41 Å². The Balaban J connectivity index is 2.17. The first kappa shape index (κ1) is 16.9. The minimum absolute atomic E-state index is 0.112. The number of carboxylic acid groups (broad SMARTS) is 1. The minimum Gasteiger partial charge on any atom is -0.481 e. The molecule has 2 rings (SSSR count). The molecule has 0 aliphatic carbocycles. The number of ether oxygens (including phenoxy) is 1. The van der Waals surface area contributed by atoms with Crippen molar-refractivity contribution in [2.75, 3.05) is 26.8 Å². The van der Waals surface area contributed by atoms with E-state index in [1.165, 1.54) is 18.4 Å². The van der Waals surface area contributed by atoms with Crippen LogP contribution in [0.3, 0.4) is 0 Å². The molecule has 1 fully saturated rings. The number of hydrogen-bond acceptors (Lipinski definition) is 5. The Bertz CT molecular complexity index is 553. The van der Waals surface area contributed by atoms with Crippen LogP contribution in [0.2, 0.25) is 0 Å². The Kier molecular flexibility index (Phi) is 5.18. The predicted molar refractivity (Wildman–Crippen MR) is 83.3 cm³/mol. The first-order valence-electron chi connectivity index (χ1n) is 7.36. The lowest BCUT2D eigenvalue weighted by atomic mass is 9.80. The number of nitrogens with zero attached hydrogens (tertiary/aromatic N) is 2. The molecule has 122 valence electrons. The lowest BCUT2D eigenvalue weighted by molar-refractivity contribution is -0.155. The lowest BCUT2D eigenvalue weighted by Crippen LogP contribution is -2.52. The zero-order chi connectivity index (χ0) is 16.3. The maximum absolute atomic E-state index is 12.6. The van der Waals surface area contributed by atoms with Crippen molar-refractivity contribution >= 4 is 23.2 Å². The van der Waals surface area contributed by atoms with E-state index in [0.717, 1.165) is 5.01 Å². The smallest absolute Gasteiger partial charge is 0.313 e. The lowest BCUT2D eigenvalue weighted by Gasteiger charge is -2.39. The van der Waals surface area contributed by atoms with Crippen molar-refractivity contribution in [3.05, 3.63) is 16.1 Å². The van der Waals surface area contributed by atoms with Crippen LogP contribution in [0.1, 0.15) is 48.1 Å². The van der Waals surface area contributed by atoms with Gasteiger partial charge in [-0.15, -0.1) is 11.3 Å². The Morgan fingerprint density at radius 1 is 1.55 bits per heavy atom. The average molecular weight is 326 g/mol. The van der Waals surface area contributed by atoms with Crippen LogP contribution >= 0.6 is 11.3 Å². The van der Waals surface area contributed by atoms with Gasteiger partial charge in [-0.1, -0.05) is 13.8 Å². The first-order chi connectivity index (χ1) is 10.4. The number of carbonyl (C=O) groups is 2. The molecule has 1 aromatic heterocycles. The normalized spacial score (nSPS) is 22.1. The molecule has 0 saturated carbocycles. The summed E-state index contributed by atoms with van der Waals surface area (Å²) in [4.78, 5) is 30.2. The van der Waals surface area contributed by atoms with E-state index in [2.05, 4.69) is 4.98 Å². The third-order valence-corrected chi connectivity index (χ3v) is 5.12. The van der Waals surface area contributed by atoms with Crippen molar-refractivity contribution in [1.82, 2.24) is 9.88 Å². The van der Waals surface area contributed by atoms with Gasteiger partial charge < -0.3 is 14.7 Å². The zero-order valence-corrected chi connectivity index (χ0v) is 14.0. The number of rotatable bonds is 5. The molecular weight excluding hydrogens is 304 g/mol. The Morgan fingerprint density at radius 2 is 2.27 bits per heavy atom. The highest BCUT2D eigenvalue weighted by Gasteiger charge is 2.44. The highest BCUT2D eigenvalue weighted by molar-refractivity contribution is 7.09. The Hall–Kier alpha value is -1.47. The number of thiazole rings is 1. The van der Waals surface area contributed by atoms with Gasteiger partial charge in [-0.3, -0.25) is 9.59 Å². The van der Waals surface area contributed by atoms with Gasteiger partial charge in [0, 0.05) is 31.5 Å². The fourth-order valence-electron chi connectivity index (χ4n) is 2.75. The van der Waals surface area contributed by atoms with Crippen molar-refractivity contribution in [2.45, 2.75) is 32.6 Å². The SMILES string of the molecule is COCC1(C(=O)O)CCCN(C(=O)c2csc(C(C)C)n2)C1. The van der Waals surface area contributed by atoms with Crippen LogP contribution in [0.5, 0.6) is 0 Å². The number of hydrogen-bond donors (Lipinski definition) is 1. The summed E-state index contributed by atoms with van der Waals surface area (Å²) in [5.74, 6) is -0.822. The quantitative estimate of drug-likeness (QED) is 0.897. The van der Waals surface area contributed by atoms with Gasteiger partial charge in [0.05, 0.1) is 11.6 Å². The van der Waals surface area contributed by atoms with E-state index in [-0.39, 0.29) is 25.0 Å². The number of aliphatic carboxylic acids is 1. The summed E-state index contributed by atoms with van der Waals surface area (Å²) in [6.07, 6.45) is 1.18. The number of carboxylic acids is 1. The van der Waals surface area contributed by atoms with Gasteiger partial charge in [-0.2, -0.15) is 0 Å². The third kappa shape index (κ3) is 3.30. The first-order valence-corrected chi connectivity index (χ1v) is 8.24. The van der Waals surface area contributed by atoms with Crippen LogP contribution in [-0.4, -0.2) is 53.7 Å². The molecule has 1 unspecified atom stereocenters. The van der Waals surface area contributed by atoms with Gasteiger partial charge in [0.2, 0.25) is 0 Å². The number of aromatic nitrogens is 1. The summed E-state index contributed by atoms with van der Waals surface area (Å²) < 4.78 is 5.08. The molecule has 0 bridgehead atoms. The molecule has 1 amide bonds. The van der Waals surface area contributed by atoms with Gasteiger partial charge in [0.1, 0.15) is 11.1 Å².